The molecule has 5 heteroatoms. The molecule has 1 unspecified atom stereocenters. The minimum absolute atomic E-state index is 0.226. The van der Waals surface area contributed by atoms with E-state index in [0.29, 0.717) is 17.8 Å². The van der Waals surface area contributed by atoms with Gasteiger partial charge in [0.25, 0.3) is 0 Å². The van der Waals surface area contributed by atoms with Crippen LogP contribution < -0.4 is 10.1 Å². The number of hydrogen-bond acceptors (Lipinski definition) is 4. The molecule has 0 saturated heterocycles. The van der Waals surface area contributed by atoms with Gasteiger partial charge in [0.2, 0.25) is 0 Å². The lowest BCUT2D eigenvalue weighted by atomic mass is 10.0. The number of ether oxygens (including phenoxy) is 1. The van der Waals surface area contributed by atoms with Gasteiger partial charge in [-0.05, 0) is 12.6 Å². The molecule has 2 rings (SSSR count). The molecule has 100 valence electrons. The molecule has 0 radical (unpaired) electrons. The van der Waals surface area contributed by atoms with Gasteiger partial charge in [-0.25, -0.2) is 4.39 Å². The van der Waals surface area contributed by atoms with E-state index in [1.807, 2.05) is 6.92 Å². The monoisotopic (exact) mass is 261 g/mol. The van der Waals surface area contributed by atoms with Crippen molar-refractivity contribution in [3.63, 3.8) is 0 Å². The summed E-state index contributed by atoms with van der Waals surface area (Å²) in [6.07, 6.45) is 4.82. The van der Waals surface area contributed by atoms with Crippen LogP contribution in [0.4, 0.5) is 4.39 Å². The maximum atomic E-state index is 14.3. The maximum absolute atomic E-state index is 14.3. The van der Waals surface area contributed by atoms with Crippen LogP contribution in [0.5, 0.6) is 5.75 Å². The first-order valence-electron chi connectivity index (χ1n) is 6.09. The molecule has 0 spiro atoms. The highest BCUT2D eigenvalue weighted by atomic mass is 19.1. The fraction of sp³-hybridized carbons (Fsp3) is 0.286. The average molecular weight is 261 g/mol. The molecule has 0 bridgehead atoms. The van der Waals surface area contributed by atoms with Crippen molar-refractivity contribution in [1.29, 1.82) is 0 Å². The number of benzene rings is 1. The van der Waals surface area contributed by atoms with Crippen LogP contribution in [0.2, 0.25) is 0 Å². The number of nitrogens with one attached hydrogen (secondary N) is 1. The van der Waals surface area contributed by atoms with Crippen LogP contribution >= 0.6 is 0 Å². The van der Waals surface area contributed by atoms with E-state index in [1.165, 1.54) is 7.11 Å². The summed E-state index contributed by atoms with van der Waals surface area (Å²) >= 11 is 0. The molecule has 0 saturated carbocycles. The zero-order valence-electron chi connectivity index (χ0n) is 10.9. The highest BCUT2D eigenvalue weighted by Crippen LogP contribution is 2.28. The van der Waals surface area contributed by atoms with Crippen molar-refractivity contribution in [3.05, 3.63) is 53.9 Å². The topological polar surface area (TPSA) is 47.0 Å². The summed E-state index contributed by atoms with van der Waals surface area (Å²) in [5, 5.41) is 3.21. The number of nitrogens with zero attached hydrogens (tertiary/aromatic N) is 2. The summed E-state index contributed by atoms with van der Waals surface area (Å²) in [5.41, 5.74) is 1.18. The minimum Gasteiger partial charge on any atom is -0.494 e. The summed E-state index contributed by atoms with van der Waals surface area (Å²) < 4.78 is 19.3. The Kier molecular flexibility index (Phi) is 4.41. The summed E-state index contributed by atoms with van der Waals surface area (Å²) in [5.74, 6) is -0.147. The number of methoxy groups -OCH3 is 1. The largest absolute Gasteiger partial charge is 0.494 e. The molecule has 0 aliphatic carbocycles. The summed E-state index contributed by atoms with van der Waals surface area (Å²) in [4.78, 5) is 8.27. The van der Waals surface area contributed by atoms with E-state index in [1.54, 1.807) is 36.8 Å². The van der Waals surface area contributed by atoms with E-state index in [-0.39, 0.29) is 17.6 Å². The van der Waals surface area contributed by atoms with E-state index in [2.05, 4.69) is 15.3 Å². The predicted octanol–water partition coefficient (Wildman–Crippen LogP) is 2.32. The normalized spacial score (nSPS) is 12.2. The minimum atomic E-state index is -0.374. The molecule has 0 aliphatic heterocycles. The lowest BCUT2D eigenvalue weighted by Gasteiger charge is -2.19. The van der Waals surface area contributed by atoms with E-state index in [0.717, 1.165) is 0 Å². The molecule has 19 heavy (non-hydrogen) atoms. The molecule has 0 amide bonds. The molecule has 1 aromatic carbocycles. The third-order valence-corrected chi connectivity index (χ3v) is 2.81. The first-order chi connectivity index (χ1) is 9.27. The van der Waals surface area contributed by atoms with E-state index >= 15 is 0 Å². The molecule has 1 atom stereocenters. The number of rotatable bonds is 5. The fourth-order valence-electron chi connectivity index (χ4n) is 1.95. The molecule has 0 aliphatic rings. The molecule has 4 nitrogen and oxygen atoms in total. The fourth-order valence-corrected chi connectivity index (χ4v) is 1.95. The van der Waals surface area contributed by atoms with Crippen LogP contribution in [-0.2, 0) is 0 Å². The van der Waals surface area contributed by atoms with Crippen molar-refractivity contribution in [1.82, 2.24) is 15.3 Å². The van der Waals surface area contributed by atoms with Gasteiger partial charge >= 0.3 is 0 Å². The van der Waals surface area contributed by atoms with Gasteiger partial charge in [-0.2, -0.15) is 0 Å². The van der Waals surface area contributed by atoms with Crippen molar-refractivity contribution < 1.29 is 9.13 Å². The summed E-state index contributed by atoms with van der Waals surface area (Å²) in [6.45, 7) is 2.65. The van der Waals surface area contributed by atoms with Crippen molar-refractivity contribution in [2.75, 3.05) is 13.7 Å². The van der Waals surface area contributed by atoms with Gasteiger partial charge in [-0.15, -0.1) is 0 Å². The van der Waals surface area contributed by atoms with Crippen molar-refractivity contribution in [2.45, 2.75) is 13.0 Å². The molecule has 2 aromatic rings. The molecule has 1 N–H and O–H groups in total. The third kappa shape index (κ3) is 2.88. The van der Waals surface area contributed by atoms with Crippen molar-refractivity contribution in [3.8, 4) is 5.75 Å². The van der Waals surface area contributed by atoms with Crippen LogP contribution in [-0.4, -0.2) is 23.6 Å². The van der Waals surface area contributed by atoms with Crippen molar-refractivity contribution in [2.24, 2.45) is 0 Å². The molecule has 0 fully saturated rings. The second kappa shape index (κ2) is 6.24. The van der Waals surface area contributed by atoms with E-state index in [9.17, 15) is 4.39 Å². The van der Waals surface area contributed by atoms with Crippen molar-refractivity contribution >= 4 is 0 Å². The average Bonchev–Trinajstić information content (AvgIpc) is 2.46. The number of hydrogen-bond donors (Lipinski definition) is 1. The Bertz CT molecular complexity index is 533. The summed E-state index contributed by atoms with van der Waals surface area (Å²) in [6, 6.07) is 4.74. The quantitative estimate of drug-likeness (QED) is 0.897. The highest BCUT2D eigenvalue weighted by molar-refractivity contribution is 5.36. The van der Waals surface area contributed by atoms with Gasteiger partial charge in [-0.1, -0.05) is 19.1 Å². The molecular weight excluding hydrogens is 245 g/mol. The molecular formula is C14H16FN3O. The Balaban J connectivity index is 2.45. The number of halogens is 1. The SMILES string of the molecule is CCNC(c1cnccn1)c1cccc(OC)c1F. The predicted molar refractivity (Wildman–Crippen MR) is 70.5 cm³/mol. The summed E-state index contributed by atoms with van der Waals surface area (Å²) in [7, 11) is 1.45. The number of aromatic nitrogens is 2. The Hall–Kier alpha value is -2.01. The second-order valence-corrected chi connectivity index (χ2v) is 3.98. The van der Waals surface area contributed by atoms with Crippen LogP contribution in [0.15, 0.2) is 36.8 Å². The maximum Gasteiger partial charge on any atom is 0.170 e. The second-order valence-electron chi connectivity index (χ2n) is 3.98. The Morgan fingerprint density at radius 2 is 2.21 bits per heavy atom. The van der Waals surface area contributed by atoms with E-state index in [4.69, 9.17) is 4.74 Å². The first-order valence-corrected chi connectivity index (χ1v) is 6.09. The zero-order valence-corrected chi connectivity index (χ0v) is 10.9. The molecule has 1 heterocycles. The Labute approximate surface area is 111 Å². The smallest absolute Gasteiger partial charge is 0.170 e. The van der Waals surface area contributed by atoms with Crippen LogP contribution in [0.25, 0.3) is 0 Å². The molecule has 1 aromatic heterocycles. The van der Waals surface area contributed by atoms with Gasteiger partial charge in [0.05, 0.1) is 25.0 Å². The lowest BCUT2D eigenvalue weighted by molar-refractivity contribution is 0.381. The standard InChI is InChI=1S/C14H16FN3O/c1-3-17-14(11-9-16-7-8-18-11)10-5-4-6-12(19-2)13(10)15/h4-9,14,17H,3H2,1-2H3. The van der Waals surface area contributed by atoms with Gasteiger partial charge in [0.15, 0.2) is 11.6 Å². The van der Waals surface area contributed by atoms with Crippen LogP contribution in [0.3, 0.4) is 0 Å². The van der Waals surface area contributed by atoms with E-state index < -0.39 is 0 Å². The highest BCUT2D eigenvalue weighted by Gasteiger charge is 2.20. The van der Waals surface area contributed by atoms with Crippen LogP contribution in [0, 0.1) is 5.82 Å². The zero-order chi connectivity index (χ0) is 13.7. The van der Waals surface area contributed by atoms with Crippen LogP contribution in [0.1, 0.15) is 24.2 Å². The Morgan fingerprint density at radius 1 is 1.37 bits per heavy atom. The van der Waals surface area contributed by atoms with Gasteiger partial charge in [-0.3, -0.25) is 9.97 Å². The van der Waals surface area contributed by atoms with Gasteiger partial charge in [0, 0.05) is 18.0 Å². The Morgan fingerprint density at radius 3 is 2.84 bits per heavy atom. The van der Waals surface area contributed by atoms with Gasteiger partial charge in [0.1, 0.15) is 0 Å². The van der Waals surface area contributed by atoms with Gasteiger partial charge < -0.3 is 10.1 Å². The first kappa shape index (κ1) is 13.4. The lowest BCUT2D eigenvalue weighted by Crippen LogP contribution is -2.24. The third-order valence-electron chi connectivity index (χ3n) is 2.81.